The molecule has 1 aliphatic rings. The Kier molecular flexibility index (Phi) is 4.16. The van der Waals surface area contributed by atoms with Crippen LogP contribution in [0.1, 0.15) is 51.1 Å². The molecule has 106 valence electrons. The van der Waals surface area contributed by atoms with Crippen LogP contribution in [0.3, 0.4) is 0 Å². The Morgan fingerprint density at radius 3 is 2.47 bits per heavy atom. The summed E-state index contributed by atoms with van der Waals surface area (Å²) in [6.45, 7) is 10.1. The van der Waals surface area contributed by atoms with Crippen LogP contribution in [-0.4, -0.2) is 27.8 Å². The monoisotopic (exact) mass is 328 g/mol. The number of ether oxygens (including phenoxy) is 1. The van der Waals surface area contributed by atoms with Crippen LogP contribution >= 0.6 is 15.9 Å². The molecule has 5 heteroatoms. The second-order valence-electron chi connectivity index (χ2n) is 5.67. The van der Waals surface area contributed by atoms with Crippen LogP contribution in [0.2, 0.25) is 0 Å². The molecule has 1 aromatic rings. The fraction of sp³-hybridized carbons (Fsp3) is 0.714. The first-order valence-corrected chi connectivity index (χ1v) is 7.56. The standard InChI is InChI=1S/C14H21BrN2O2/c1-7(2)17-13(11(15)6-16-17)14(18)12-8(3)9(4)19-10(12)5/h6-10,12H,1-5H3. The molecule has 0 aliphatic carbocycles. The van der Waals surface area contributed by atoms with E-state index < -0.39 is 0 Å². The molecular formula is C14H21BrN2O2. The molecule has 1 aromatic heterocycles. The van der Waals surface area contributed by atoms with Gasteiger partial charge in [-0.25, -0.2) is 0 Å². The van der Waals surface area contributed by atoms with E-state index in [-0.39, 0.29) is 35.9 Å². The minimum atomic E-state index is -0.0968. The molecule has 1 saturated heterocycles. The normalized spacial score (nSPS) is 31.1. The summed E-state index contributed by atoms with van der Waals surface area (Å²) in [5, 5.41) is 4.28. The Bertz CT molecular complexity index is 484. The zero-order valence-electron chi connectivity index (χ0n) is 12.1. The van der Waals surface area contributed by atoms with Gasteiger partial charge in [0.1, 0.15) is 5.69 Å². The van der Waals surface area contributed by atoms with Crippen molar-refractivity contribution < 1.29 is 9.53 Å². The molecule has 2 heterocycles. The number of hydrogen-bond acceptors (Lipinski definition) is 3. The van der Waals surface area contributed by atoms with Crippen molar-refractivity contribution >= 4 is 21.7 Å². The summed E-state index contributed by atoms with van der Waals surface area (Å²) in [5.41, 5.74) is 0.663. The van der Waals surface area contributed by atoms with Crippen molar-refractivity contribution in [1.82, 2.24) is 9.78 Å². The second-order valence-corrected chi connectivity index (χ2v) is 6.53. The van der Waals surface area contributed by atoms with Gasteiger partial charge in [0.2, 0.25) is 0 Å². The average Bonchev–Trinajstić information content (AvgIpc) is 2.81. The molecule has 0 N–H and O–H groups in total. The maximum atomic E-state index is 12.8. The zero-order chi connectivity index (χ0) is 14.3. The SMILES string of the molecule is CC1OC(C)C(C(=O)c2c(Br)cnn2C(C)C)C1C. The predicted molar refractivity (Wildman–Crippen MR) is 77.3 cm³/mol. The Balaban J connectivity index is 2.37. The van der Waals surface area contributed by atoms with E-state index in [1.807, 2.05) is 27.7 Å². The zero-order valence-corrected chi connectivity index (χ0v) is 13.6. The minimum Gasteiger partial charge on any atom is -0.374 e. The van der Waals surface area contributed by atoms with Gasteiger partial charge in [0, 0.05) is 6.04 Å². The van der Waals surface area contributed by atoms with Gasteiger partial charge in [0.25, 0.3) is 0 Å². The van der Waals surface area contributed by atoms with Crippen molar-refractivity contribution in [1.29, 1.82) is 0 Å². The molecule has 4 atom stereocenters. The third-order valence-corrected chi connectivity index (χ3v) is 4.60. The highest BCUT2D eigenvalue weighted by Gasteiger charge is 2.43. The molecule has 0 bridgehead atoms. The van der Waals surface area contributed by atoms with Crippen LogP contribution in [0.5, 0.6) is 0 Å². The summed E-state index contributed by atoms with van der Waals surface area (Å²) in [6, 6.07) is 0.163. The molecule has 0 spiro atoms. The minimum absolute atomic E-state index is 0.0417. The first kappa shape index (κ1) is 14.7. The van der Waals surface area contributed by atoms with Crippen molar-refractivity contribution in [3.05, 3.63) is 16.4 Å². The quantitative estimate of drug-likeness (QED) is 0.798. The number of hydrogen-bond donors (Lipinski definition) is 0. The Labute approximate surface area is 122 Å². The van der Waals surface area contributed by atoms with E-state index >= 15 is 0 Å². The first-order valence-electron chi connectivity index (χ1n) is 6.77. The van der Waals surface area contributed by atoms with E-state index in [1.54, 1.807) is 10.9 Å². The van der Waals surface area contributed by atoms with Gasteiger partial charge in [0.15, 0.2) is 5.78 Å². The lowest BCUT2D eigenvalue weighted by molar-refractivity contribution is 0.0488. The Morgan fingerprint density at radius 1 is 1.37 bits per heavy atom. The van der Waals surface area contributed by atoms with Gasteiger partial charge in [-0.15, -0.1) is 0 Å². The van der Waals surface area contributed by atoms with Gasteiger partial charge in [-0.2, -0.15) is 5.10 Å². The molecule has 1 aliphatic heterocycles. The predicted octanol–water partition coefficient (Wildman–Crippen LogP) is 3.47. The van der Waals surface area contributed by atoms with Crippen molar-refractivity contribution in [3.63, 3.8) is 0 Å². The van der Waals surface area contributed by atoms with E-state index in [0.29, 0.717) is 5.69 Å². The lowest BCUT2D eigenvalue weighted by atomic mass is 9.85. The van der Waals surface area contributed by atoms with Crippen LogP contribution < -0.4 is 0 Å². The fourth-order valence-corrected chi connectivity index (χ4v) is 3.31. The highest BCUT2D eigenvalue weighted by molar-refractivity contribution is 9.10. The average molecular weight is 329 g/mol. The number of nitrogens with zero attached hydrogens (tertiary/aromatic N) is 2. The second kappa shape index (κ2) is 5.37. The van der Waals surface area contributed by atoms with Crippen molar-refractivity contribution in [2.24, 2.45) is 11.8 Å². The lowest BCUT2D eigenvalue weighted by Gasteiger charge is -2.19. The number of Topliss-reactive ketones (excluding diaryl/α,β-unsaturated/α-hetero) is 1. The maximum Gasteiger partial charge on any atom is 0.188 e. The molecule has 0 saturated carbocycles. The molecule has 4 unspecified atom stereocenters. The van der Waals surface area contributed by atoms with Gasteiger partial charge >= 0.3 is 0 Å². The molecule has 1 fully saturated rings. The summed E-state index contributed by atoms with van der Waals surface area (Å²) in [6.07, 6.45) is 1.78. The van der Waals surface area contributed by atoms with E-state index in [1.165, 1.54) is 0 Å². The first-order chi connectivity index (χ1) is 8.84. The molecule has 4 nitrogen and oxygen atoms in total. The van der Waals surface area contributed by atoms with E-state index in [9.17, 15) is 4.79 Å². The van der Waals surface area contributed by atoms with Crippen LogP contribution in [0.15, 0.2) is 10.7 Å². The van der Waals surface area contributed by atoms with Crippen LogP contribution in [-0.2, 0) is 4.74 Å². The smallest absolute Gasteiger partial charge is 0.188 e. The number of carbonyl (C=O) groups is 1. The topological polar surface area (TPSA) is 44.1 Å². The van der Waals surface area contributed by atoms with Gasteiger partial charge in [-0.3, -0.25) is 9.48 Å². The van der Waals surface area contributed by atoms with Gasteiger partial charge in [-0.05, 0) is 49.5 Å². The van der Waals surface area contributed by atoms with E-state index in [4.69, 9.17) is 4.74 Å². The number of aromatic nitrogens is 2. The molecule has 0 amide bonds. The van der Waals surface area contributed by atoms with Gasteiger partial charge < -0.3 is 4.74 Å². The van der Waals surface area contributed by atoms with Gasteiger partial charge in [0.05, 0.1) is 28.8 Å². The Hall–Kier alpha value is -0.680. The summed E-state index contributed by atoms with van der Waals surface area (Å²) in [5.74, 6) is 0.257. The third-order valence-electron chi connectivity index (χ3n) is 4.02. The molecule has 0 aromatic carbocycles. The number of carbonyl (C=O) groups excluding carboxylic acids is 1. The highest BCUT2D eigenvalue weighted by Crippen LogP contribution is 2.36. The van der Waals surface area contributed by atoms with Crippen molar-refractivity contribution in [2.45, 2.75) is 52.9 Å². The van der Waals surface area contributed by atoms with E-state index in [2.05, 4.69) is 28.0 Å². The summed E-state index contributed by atoms with van der Waals surface area (Å²) < 4.78 is 8.33. The summed E-state index contributed by atoms with van der Waals surface area (Å²) >= 11 is 3.44. The maximum absolute atomic E-state index is 12.8. The fourth-order valence-electron chi connectivity index (χ4n) is 2.84. The number of ketones is 1. The van der Waals surface area contributed by atoms with Crippen molar-refractivity contribution in [3.8, 4) is 0 Å². The third kappa shape index (κ3) is 2.50. The van der Waals surface area contributed by atoms with E-state index in [0.717, 1.165) is 4.47 Å². The lowest BCUT2D eigenvalue weighted by Crippen LogP contribution is -2.29. The highest BCUT2D eigenvalue weighted by atomic mass is 79.9. The largest absolute Gasteiger partial charge is 0.374 e. The van der Waals surface area contributed by atoms with Crippen molar-refractivity contribution in [2.75, 3.05) is 0 Å². The van der Waals surface area contributed by atoms with Crippen LogP contribution in [0, 0.1) is 11.8 Å². The molecule has 0 radical (unpaired) electrons. The Morgan fingerprint density at radius 2 is 2.00 bits per heavy atom. The van der Waals surface area contributed by atoms with Gasteiger partial charge in [-0.1, -0.05) is 6.92 Å². The number of rotatable bonds is 3. The number of halogens is 1. The molecular weight excluding hydrogens is 308 g/mol. The molecule has 2 rings (SSSR count). The van der Waals surface area contributed by atoms with Crippen LogP contribution in [0.25, 0.3) is 0 Å². The summed E-state index contributed by atoms with van der Waals surface area (Å²) in [4.78, 5) is 12.8. The summed E-state index contributed by atoms with van der Waals surface area (Å²) in [7, 11) is 0. The van der Waals surface area contributed by atoms with Crippen LogP contribution in [0.4, 0.5) is 0 Å². The molecule has 19 heavy (non-hydrogen) atoms.